The summed E-state index contributed by atoms with van der Waals surface area (Å²) in [6.45, 7) is 7.50. The third-order valence-corrected chi connectivity index (χ3v) is 7.03. The Kier molecular flexibility index (Phi) is 9.59. The lowest BCUT2D eigenvalue weighted by Crippen LogP contribution is -2.40. The number of hydrogen-bond acceptors (Lipinski definition) is 7. The zero-order valence-electron chi connectivity index (χ0n) is 18.9. The quantitative estimate of drug-likeness (QED) is 0.602. The maximum Gasteiger partial charge on any atom is 0.161 e. The predicted octanol–water partition coefficient (Wildman–Crippen LogP) is 2.26. The molecule has 0 aliphatic carbocycles. The van der Waals surface area contributed by atoms with Gasteiger partial charge in [0.1, 0.15) is 12.7 Å². The second-order valence-corrected chi connectivity index (χ2v) is 10.0. The van der Waals surface area contributed by atoms with Crippen LogP contribution in [0, 0.1) is 5.92 Å². The van der Waals surface area contributed by atoms with Crippen molar-refractivity contribution in [2.24, 2.45) is 5.92 Å². The number of β-amino-alcohol motifs (C(OH)–C–C–N with tert-alkyl or cyclic N) is 1. The molecule has 1 N–H and O–H groups in total. The van der Waals surface area contributed by atoms with Gasteiger partial charge in [-0.3, -0.25) is 4.90 Å². The summed E-state index contributed by atoms with van der Waals surface area (Å²) in [6.07, 6.45) is 2.09. The smallest absolute Gasteiger partial charge is 0.161 e. The fourth-order valence-electron chi connectivity index (χ4n) is 4.31. The number of likely N-dealkylation sites (tertiary alicyclic amines) is 1. The highest BCUT2D eigenvalue weighted by molar-refractivity contribution is 7.99. The van der Waals surface area contributed by atoms with Gasteiger partial charge in [-0.1, -0.05) is 6.07 Å². The average Bonchev–Trinajstić information content (AvgIpc) is 2.75. The van der Waals surface area contributed by atoms with Gasteiger partial charge >= 0.3 is 0 Å². The van der Waals surface area contributed by atoms with Crippen LogP contribution in [-0.2, 0) is 6.54 Å². The molecule has 1 aromatic rings. The van der Waals surface area contributed by atoms with Crippen molar-refractivity contribution < 1.29 is 14.6 Å². The number of rotatable bonds is 10. The van der Waals surface area contributed by atoms with Crippen molar-refractivity contribution in [2.75, 3.05) is 78.6 Å². The zero-order chi connectivity index (χ0) is 21.3. The van der Waals surface area contributed by atoms with Crippen molar-refractivity contribution in [1.82, 2.24) is 14.7 Å². The Balaban J connectivity index is 1.46. The molecule has 6 nitrogen and oxygen atoms in total. The lowest BCUT2D eigenvalue weighted by molar-refractivity contribution is 0.0704. The Morgan fingerprint density at radius 1 is 1.17 bits per heavy atom. The molecule has 0 bridgehead atoms. The molecule has 3 rings (SSSR count). The second-order valence-electron chi connectivity index (χ2n) is 8.81. The van der Waals surface area contributed by atoms with Gasteiger partial charge in [0.2, 0.25) is 0 Å². The van der Waals surface area contributed by atoms with Gasteiger partial charge in [0, 0.05) is 44.2 Å². The Morgan fingerprint density at radius 3 is 2.60 bits per heavy atom. The van der Waals surface area contributed by atoms with Crippen LogP contribution in [0.1, 0.15) is 18.4 Å². The first kappa shape index (κ1) is 23.7. The Labute approximate surface area is 186 Å². The summed E-state index contributed by atoms with van der Waals surface area (Å²) in [5, 5.41) is 10.3. The van der Waals surface area contributed by atoms with Gasteiger partial charge in [-0.05, 0) is 63.6 Å². The van der Waals surface area contributed by atoms with E-state index in [4.69, 9.17) is 9.47 Å². The summed E-state index contributed by atoms with van der Waals surface area (Å²) < 4.78 is 11.5. The molecule has 1 atom stereocenters. The molecule has 0 spiro atoms. The van der Waals surface area contributed by atoms with Gasteiger partial charge in [0.25, 0.3) is 0 Å². The lowest BCUT2D eigenvalue weighted by Gasteiger charge is -2.31. The molecular weight excluding hydrogens is 398 g/mol. The van der Waals surface area contributed by atoms with Gasteiger partial charge in [0.15, 0.2) is 11.5 Å². The number of aliphatic hydroxyl groups is 1. The van der Waals surface area contributed by atoms with Crippen LogP contribution in [-0.4, -0.2) is 104 Å². The molecule has 0 unspecified atom stereocenters. The first-order chi connectivity index (χ1) is 14.5. The van der Waals surface area contributed by atoms with Crippen molar-refractivity contribution in [1.29, 1.82) is 0 Å². The molecule has 0 aromatic heterocycles. The van der Waals surface area contributed by atoms with Crippen LogP contribution in [0.25, 0.3) is 0 Å². The first-order valence-corrected chi connectivity index (χ1v) is 12.3. The van der Waals surface area contributed by atoms with E-state index in [1.807, 2.05) is 17.8 Å². The molecule has 2 saturated heterocycles. The number of benzene rings is 1. The molecular formula is C23H39N3O3S. The Bertz CT molecular complexity index is 634. The standard InChI is InChI=1S/C23H39N3O3S/c1-24-8-6-19(7-9-24)15-25(2)16-20-4-5-22(23(14-20)28-3)29-18-21(27)17-26-10-12-30-13-11-26/h4-5,14,19,21,27H,6-13,15-18H2,1-3H3/t21-/m1/s1. The van der Waals surface area contributed by atoms with Crippen LogP contribution in [0.5, 0.6) is 11.5 Å². The highest BCUT2D eigenvalue weighted by atomic mass is 32.2. The molecule has 1 aromatic carbocycles. The molecule has 170 valence electrons. The predicted molar refractivity (Wildman–Crippen MR) is 125 cm³/mol. The largest absolute Gasteiger partial charge is 0.493 e. The van der Waals surface area contributed by atoms with E-state index in [0.29, 0.717) is 12.3 Å². The summed E-state index contributed by atoms with van der Waals surface area (Å²) in [5.41, 5.74) is 1.22. The molecule has 0 amide bonds. The van der Waals surface area contributed by atoms with Crippen molar-refractivity contribution in [3.8, 4) is 11.5 Å². The summed E-state index contributed by atoms with van der Waals surface area (Å²) in [4.78, 5) is 7.14. The number of piperidine rings is 1. The fourth-order valence-corrected chi connectivity index (χ4v) is 5.29. The van der Waals surface area contributed by atoms with E-state index in [9.17, 15) is 5.11 Å². The minimum absolute atomic E-state index is 0.287. The molecule has 30 heavy (non-hydrogen) atoms. The van der Waals surface area contributed by atoms with Gasteiger partial charge in [0.05, 0.1) is 7.11 Å². The second kappa shape index (κ2) is 12.2. The van der Waals surface area contributed by atoms with Crippen LogP contribution in [0.2, 0.25) is 0 Å². The summed E-state index contributed by atoms with van der Waals surface area (Å²) in [5.74, 6) is 4.52. The van der Waals surface area contributed by atoms with E-state index in [-0.39, 0.29) is 6.61 Å². The Morgan fingerprint density at radius 2 is 1.90 bits per heavy atom. The topological polar surface area (TPSA) is 48.4 Å². The van der Waals surface area contributed by atoms with E-state index >= 15 is 0 Å². The molecule has 2 aliphatic heterocycles. The molecule has 2 fully saturated rings. The number of methoxy groups -OCH3 is 1. The molecule has 2 heterocycles. The van der Waals surface area contributed by atoms with E-state index in [1.165, 1.54) is 31.5 Å². The zero-order valence-corrected chi connectivity index (χ0v) is 19.7. The third-order valence-electron chi connectivity index (χ3n) is 6.09. The van der Waals surface area contributed by atoms with Gasteiger partial charge < -0.3 is 24.4 Å². The van der Waals surface area contributed by atoms with Gasteiger partial charge in [-0.15, -0.1) is 0 Å². The fraction of sp³-hybridized carbons (Fsp3) is 0.739. The third kappa shape index (κ3) is 7.61. The number of ether oxygens (including phenoxy) is 2. The van der Waals surface area contributed by atoms with Gasteiger partial charge in [-0.2, -0.15) is 11.8 Å². The lowest BCUT2D eigenvalue weighted by atomic mass is 9.96. The molecule has 7 heteroatoms. The van der Waals surface area contributed by atoms with Crippen LogP contribution in [0.4, 0.5) is 0 Å². The average molecular weight is 438 g/mol. The minimum atomic E-state index is -0.488. The van der Waals surface area contributed by atoms with Crippen molar-refractivity contribution >= 4 is 11.8 Å². The van der Waals surface area contributed by atoms with Crippen LogP contribution in [0.15, 0.2) is 18.2 Å². The molecule has 2 aliphatic rings. The summed E-state index contributed by atoms with van der Waals surface area (Å²) in [7, 11) is 6.09. The summed E-state index contributed by atoms with van der Waals surface area (Å²) in [6, 6.07) is 6.15. The van der Waals surface area contributed by atoms with E-state index < -0.39 is 6.10 Å². The van der Waals surface area contributed by atoms with Crippen molar-refractivity contribution in [3.63, 3.8) is 0 Å². The number of thioether (sulfide) groups is 1. The SMILES string of the molecule is COc1cc(CN(C)CC2CCN(C)CC2)ccc1OC[C@H](O)CN1CCSCC1. The van der Waals surface area contributed by atoms with E-state index in [1.54, 1.807) is 7.11 Å². The van der Waals surface area contributed by atoms with Crippen molar-refractivity contribution in [2.45, 2.75) is 25.5 Å². The maximum atomic E-state index is 10.3. The van der Waals surface area contributed by atoms with E-state index in [0.717, 1.165) is 49.4 Å². The number of hydrogen-bond donors (Lipinski definition) is 1. The number of nitrogens with zero attached hydrogens (tertiary/aromatic N) is 3. The minimum Gasteiger partial charge on any atom is -0.493 e. The van der Waals surface area contributed by atoms with Crippen LogP contribution >= 0.6 is 11.8 Å². The van der Waals surface area contributed by atoms with Crippen LogP contribution in [0.3, 0.4) is 0 Å². The first-order valence-electron chi connectivity index (χ1n) is 11.2. The normalized spacial score (nSPS) is 20.4. The van der Waals surface area contributed by atoms with E-state index in [2.05, 4.69) is 40.9 Å². The van der Waals surface area contributed by atoms with Crippen LogP contribution < -0.4 is 9.47 Å². The highest BCUT2D eigenvalue weighted by Crippen LogP contribution is 2.29. The number of aliphatic hydroxyl groups excluding tert-OH is 1. The highest BCUT2D eigenvalue weighted by Gasteiger charge is 2.19. The molecule has 0 radical (unpaired) electrons. The summed E-state index contributed by atoms with van der Waals surface area (Å²) >= 11 is 1.98. The maximum absolute atomic E-state index is 10.3. The molecule has 0 saturated carbocycles. The van der Waals surface area contributed by atoms with Gasteiger partial charge in [-0.25, -0.2) is 0 Å². The monoisotopic (exact) mass is 437 g/mol. The Hall–Kier alpha value is -0.990. The van der Waals surface area contributed by atoms with Crippen molar-refractivity contribution in [3.05, 3.63) is 23.8 Å².